The SMILES string of the molecule is O=C(O)CC(Cc1c[nH]c2ccc(O)cc12)NC(=O)c1ccc2c(c1)nc(-c1ccc(OCc3ccc4ccccc4c3)cc1)n2C1CCCCC1. The first-order valence-electron chi connectivity index (χ1n) is 17.9. The number of hydrogen-bond donors (Lipinski definition) is 4. The van der Waals surface area contributed by atoms with Crippen molar-refractivity contribution in [3.05, 3.63) is 126 Å². The van der Waals surface area contributed by atoms with Crippen LogP contribution in [-0.2, 0) is 17.8 Å². The number of H-pyrrole nitrogens is 1. The number of carboxylic acid groups (broad SMARTS) is 1. The number of fused-ring (bicyclic) bond motifs is 3. The summed E-state index contributed by atoms with van der Waals surface area (Å²) in [6, 6.07) is 32.9. The number of phenolic OH excluding ortho intramolecular Hbond substituents is 1. The minimum Gasteiger partial charge on any atom is -0.508 e. The van der Waals surface area contributed by atoms with Crippen molar-refractivity contribution in [3.8, 4) is 22.9 Å². The summed E-state index contributed by atoms with van der Waals surface area (Å²) >= 11 is 0. The van der Waals surface area contributed by atoms with E-state index in [4.69, 9.17) is 9.72 Å². The molecule has 262 valence electrons. The smallest absolute Gasteiger partial charge is 0.305 e. The third-order valence-corrected chi connectivity index (χ3v) is 10.2. The minimum atomic E-state index is -1.01. The lowest BCUT2D eigenvalue weighted by Gasteiger charge is -2.25. The zero-order valence-electron chi connectivity index (χ0n) is 28.7. The minimum absolute atomic E-state index is 0.119. The van der Waals surface area contributed by atoms with Crippen molar-refractivity contribution in [2.45, 2.75) is 63.6 Å². The molecule has 5 aromatic carbocycles. The van der Waals surface area contributed by atoms with Crippen LogP contribution in [0.5, 0.6) is 11.5 Å². The number of aliphatic carboxylic acids is 1. The Kier molecular flexibility index (Phi) is 9.07. The van der Waals surface area contributed by atoms with Gasteiger partial charge in [-0.3, -0.25) is 9.59 Å². The first-order chi connectivity index (χ1) is 25.4. The van der Waals surface area contributed by atoms with Crippen molar-refractivity contribution in [1.29, 1.82) is 0 Å². The summed E-state index contributed by atoms with van der Waals surface area (Å²) in [6.07, 6.45) is 7.50. The molecule has 1 amide bonds. The Labute approximate surface area is 300 Å². The van der Waals surface area contributed by atoms with E-state index in [9.17, 15) is 19.8 Å². The second kappa shape index (κ2) is 14.3. The quantitative estimate of drug-likeness (QED) is 0.107. The summed E-state index contributed by atoms with van der Waals surface area (Å²) in [5, 5.41) is 25.8. The molecular formula is C43H40N4O5. The van der Waals surface area contributed by atoms with Gasteiger partial charge in [0.2, 0.25) is 0 Å². The molecule has 0 radical (unpaired) electrons. The molecule has 8 rings (SSSR count). The lowest BCUT2D eigenvalue weighted by Crippen LogP contribution is -2.38. The van der Waals surface area contributed by atoms with Gasteiger partial charge in [-0.25, -0.2) is 4.98 Å². The molecule has 52 heavy (non-hydrogen) atoms. The number of phenols is 1. The van der Waals surface area contributed by atoms with Gasteiger partial charge in [-0.2, -0.15) is 0 Å². The molecule has 2 heterocycles. The summed E-state index contributed by atoms with van der Waals surface area (Å²) in [6.45, 7) is 0.467. The number of aromatic hydroxyl groups is 1. The van der Waals surface area contributed by atoms with Crippen LogP contribution in [0.2, 0.25) is 0 Å². The van der Waals surface area contributed by atoms with Gasteiger partial charge in [0.05, 0.1) is 17.5 Å². The number of benzene rings is 5. The van der Waals surface area contributed by atoms with E-state index >= 15 is 0 Å². The van der Waals surface area contributed by atoms with Crippen LogP contribution in [0.1, 0.15) is 66.1 Å². The molecule has 0 saturated heterocycles. The number of hydrogen-bond acceptors (Lipinski definition) is 5. The summed E-state index contributed by atoms with van der Waals surface area (Å²) in [7, 11) is 0. The maximum atomic E-state index is 13.7. The van der Waals surface area contributed by atoms with Gasteiger partial charge >= 0.3 is 5.97 Å². The Morgan fingerprint density at radius 1 is 0.904 bits per heavy atom. The number of rotatable bonds is 11. The van der Waals surface area contributed by atoms with Crippen molar-refractivity contribution in [2.75, 3.05) is 0 Å². The molecule has 9 nitrogen and oxygen atoms in total. The fourth-order valence-electron chi connectivity index (χ4n) is 7.60. The van der Waals surface area contributed by atoms with E-state index in [0.29, 0.717) is 23.7 Å². The summed E-state index contributed by atoms with van der Waals surface area (Å²) in [4.78, 5) is 33.7. The Balaban J connectivity index is 1.04. The standard InChI is InChI=1S/C43H40N4O5/c48-35-15-18-38-37(24-35)32(25-44-38)21-33(23-41(49)50)45-43(51)31-14-19-40-39(22-31)46-42(47(40)34-8-2-1-3-9-34)29-12-16-36(17-13-29)52-26-27-10-11-28-6-4-5-7-30(28)20-27/h4-7,10-20,22,24-25,33-34,44,48H,1-3,8-9,21,23,26H2,(H,45,51)(H,49,50). The van der Waals surface area contributed by atoms with Gasteiger partial charge < -0.3 is 29.8 Å². The molecule has 1 atom stereocenters. The van der Waals surface area contributed by atoms with Crippen LogP contribution in [0.15, 0.2) is 109 Å². The number of aromatic amines is 1. The largest absolute Gasteiger partial charge is 0.508 e. The Morgan fingerprint density at radius 3 is 2.52 bits per heavy atom. The van der Waals surface area contributed by atoms with Crippen molar-refractivity contribution < 1.29 is 24.5 Å². The molecule has 0 bridgehead atoms. The maximum Gasteiger partial charge on any atom is 0.305 e. The number of amides is 1. The molecule has 1 unspecified atom stereocenters. The fraction of sp³-hybridized carbons (Fsp3) is 0.233. The second-order valence-electron chi connectivity index (χ2n) is 13.8. The lowest BCUT2D eigenvalue weighted by molar-refractivity contribution is -0.137. The van der Waals surface area contributed by atoms with Crippen LogP contribution in [0.25, 0.3) is 44.1 Å². The Morgan fingerprint density at radius 2 is 1.71 bits per heavy atom. The molecule has 4 N–H and O–H groups in total. The normalized spacial score (nSPS) is 14.2. The lowest BCUT2D eigenvalue weighted by atomic mass is 9.94. The van der Waals surface area contributed by atoms with E-state index < -0.39 is 12.0 Å². The van der Waals surface area contributed by atoms with Crippen LogP contribution >= 0.6 is 0 Å². The highest BCUT2D eigenvalue weighted by Gasteiger charge is 2.24. The molecule has 1 fully saturated rings. The summed E-state index contributed by atoms with van der Waals surface area (Å²) in [5.41, 5.74) is 5.81. The van der Waals surface area contributed by atoms with E-state index in [2.05, 4.69) is 45.2 Å². The molecule has 9 heteroatoms. The van der Waals surface area contributed by atoms with Crippen LogP contribution in [-0.4, -0.2) is 42.7 Å². The van der Waals surface area contributed by atoms with Crippen LogP contribution < -0.4 is 10.1 Å². The average molecular weight is 693 g/mol. The Hall–Kier alpha value is -6.09. The molecular weight excluding hydrogens is 652 g/mol. The summed E-state index contributed by atoms with van der Waals surface area (Å²) in [5.74, 6) is 0.374. The van der Waals surface area contributed by atoms with Gasteiger partial charge in [0.1, 0.15) is 23.9 Å². The van der Waals surface area contributed by atoms with Gasteiger partial charge in [-0.05, 0) is 108 Å². The number of ether oxygens (including phenoxy) is 1. The fourth-order valence-corrected chi connectivity index (χ4v) is 7.60. The average Bonchev–Trinajstić information content (AvgIpc) is 3.74. The van der Waals surface area contributed by atoms with E-state index in [-0.39, 0.29) is 24.5 Å². The summed E-state index contributed by atoms with van der Waals surface area (Å²) < 4.78 is 8.51. The molecule has 1 saturated carbocycles. The van der Waals surface area contributed by atoms with E-state index in [1.807, 2.05) is 42.5 Å². The highest BCUT2D eigenvalue weighted by molar-refractivity contribution is 5.98. The second-order valence-corrected chi connectivity index (χ2v) is 13.8. The van der Waals surface area contributed by atoms with Crippen LogP contribution in [0, 0.1) is 0 Å². The van der Waals surface area contributed by atoms with Crippen molar-refractivity contribution >= 4 is 44.6 Å². The first-order valence-corrected chi connectivity index (χ1v) is 17.9. The first kappa shape index (κ1) is 33.1. The highest BCUT2D eigenvalue weighted by atomic mass is 16.5. The van der Waals surface area contributed by atoms with E-state index in [0.717, 1.165) is 70.4 Å². The number of nitrogens with one attached hydrogen (secondary N) is 2. The predicted octanol–water partition coefficient (Wildman–Crippen LogP) is 8.94. The molecule has 1 aliphatic carbocycles. The van der Waals surface area contributed by atoms with Gasteiger partial charge in [0.25, 0.3) is 5.91 Å². The van der Waals surface area contributed by atoms with Crippen molar-refractivity contribution in [2.24, 2.45) is 0 Å². The number of carboxylic acids is 1. The zero-order valence-corrected chi connectivity index (χ0v) is 28.7. The number of aromatic nitrogens is 3. The van der Waals surface area contributed by atoms with Crippen molar-refractivity contribution in [3.63, 3.8) is 0 Å². The van der Waals surface area contributed by atoms with Crippen molar-refractivity contribution in [1.82, 2.24) is 19.9 Å². The maximum absolute atomic E-state index is 13.7. The number of carbonyl (C=O) groups excluding carboxylic acids is 1. The number of imidazole rings is 1. The van der Waals surface area contributed by atoms with Gasteiger partial charge in [0.15, 0.2) is 0 Å². The molecule has 0 spiro atoms. The van der Waals surface area contributed by atoms with Crippen LogP contribution in [0.3, 0.4) is 0 Å². The van der Waals surface area contributed by atoms with Gasteiger partial charge in [-0.15, -0.1) is 0 Å². The number of nitrogens with zero attached hydrogens (tertiary/aromatic N) is 2. The monoisotopic (exact) mass is 692 g/mol. The third kappa shape index (κ3) is 6.94. The molecule has 0 aliphatic heterocycles. The molecule has 1 aliphatic rings. The molecule has 2 aromatic heterocycles. The van der Waals surface area contributed by atoms with E-state index in [1.54, 1.807) is 36.5 Å². The number of carbonyl (C=O) groups is 2. The van der Waals surface area contributed by atoms with Gasteiger partial charge in [0, 0.05) is 40.3 Å². The third-order valence-electron chi connectivity index (χ3n) is 10.2. The Bertz CT molecular complexity index is 2400. The molecule has 7 aromatic rings. The zero-order chi connectivity index (χ0) is 35.6. The van der Waals surface area contributed by atoms with E-state index in [1.165, 1.54) is 17.2 Å². The van der Waals surface area contributed by atoms with Crippen LogP contribution in [0.4, 0.5) is 0 Å². The topological polar surface area (TPSA) is 129 Å². The predicted molar refractivity (Wildman–Crippen MR) is 203 cm³/mol. The van der Waals surface area contributed by atoms with Gasteiger partial charge in [-0.1, -0.05) is 55.7 Å². The highest BCUT2D eigenvalue weighted by Crippen LogP contribution is 2.37.